The summed E-state index contributed by atoms with van der Waals surface area (Å²) in [6, 6.07) is 8.60. The predicted molar refractivity (Wildman–Crippen MR) is 74.0 cm³/mol. The summed E-state index contributed by atoms with van der Waals surface area (Å²) in [4.78, 5) is 0. The van der Waals surface area contributed by atoms with Crippen LogP contribution in [0.15, 0.2) is 28.7 Å². The number of hydrogen-bond donors (Lipinski definition) is 1. The molecule has 1 atom stereocenters. The minimum atomic E-state index is 0.261. The average molecular weight is 298 g/mol. The first-order chi connectivity index (χ1) is 8.25. The smallest absolute Gasteiger partial charge is 0.0468 e. The van der Waals surface area contributed by atoms with Crippen molar-refractivity contribution in [2.75, 3.05) is 13.2 Å². The van der Waals surface area contributed by atoms with E-state index in [1.54, 1.807) is 0 Å². The molecule has 3 heteroatoms. The van der Waals surface area contributed by atoms with Gasteiger partial charge >= 0.3 is 0 Å². The Bertz CT molecular complexity index is 350. The van der Waals surface area contributed by atoms with Gasteiger partial charge in [-0.3, -0.25) is 0 Å². The normalized spacial score (nSPS) is 19.2. The molecule has 2 nitrogen and oxygen atoms in total. The second-order valence-corrected chi connectivity index (χ2v) is 5.70. The van der Waals surface area contributed by atoms with Crippen LogP contribution in [0.4, 0.5) is 0 Å². The molecule has 0 spiro atoms. The molecule has 94 valence electrons. The lowest BCUT2D eigenvalue weighted by Gasteiger charge is -2.25. The van der Waals surface area contributed by atoms with E-state index in [9.17, 15) is 0 Å². The second kappa shape index (κ2) is 6.53. The first kappa shape index (κ1) is 13.1. The highest BCUT2D eigenvalue weighted by molar-refractivity contribution is 9.10. The summed E-state index contributed by atoms with van der Waals surface area (Å²) in [7, 11) is 0. The third-order valence-corrected chi connectivity index (χ3v) is 4.19. The van der Waals surface area contributed by atoms with E-state index in [2.05, 4.69) is 34.1 Å². The Hall–Kier alpha value is -0.380. The van der Waals surface area contributed by atoms with Gasteiger partial charge in [0.2, 0.25) is 0 Å². The molecule has 0 radical (unpaired) electrons. The van der Waals surface area contributed by atoms with E-state index in [0.717, 1.165) is 32.0 Å². The molecular weight excluding hydrogens is 278 g/mol. The molecule has 1 unspecified atom stereocenters. The Kier molecular flexibility index (Phi) is 5.01. The first-order valence-corrected chi connectivity index (χ1v) is 7.11. The second-order valence-electron chi connectivity index (χ2n) is 4.85. The van der Waals surface area contributed by atoms with E-state index in [0.29, 0.717) is 0 Å². The summed E-state index contributed by atoms with van der Waals surface area (Å²) in [5.74, 6) is 0.751. The molecule has 0 aromatic heterocycles. The van der Waals surface area contributed by atoms with Crippen LogP contribution in [0.2, 0.25) is 0 Å². The molecule has 1 aromatic rings. The van der Waals surface area contributed by atoms with E-state index in [-0.39, 0.29) is 6.04 Å². The highest BCUT2D eigenvalue weighted by Crippen LogP contribution is 2.23. The fraction of sp³-hybridized carbons (Fsp3) is 0.571. The van der Waals surface area contributed by atoms with Gasteiger partial charge < -0.3 is 10.5 Å². The van der Waals surface area contributed by atoms with E-state index in [1.807, 2.05) is 6.07 Å². The van der Waals surface area contributed by atoms with Gasteiger partial charge in [0.25, 0.3) is 0 Å². The molecule has 1 aliphatic rings. The van der Waals surface area contributed by atoms with Crippen LogP contribution in [0, 0.1) is 5.92 Å². The topological polar surface area (TPSA) is 35.2 Å². The van der Waals surface area contributed by atoms with Gasteiger partial charge in [-0.05, 0) is 43.2 Å². The Morgan fingerprint density at radius 2 is 2.00 bits per heavy atom. The molecule has 0 aliphatic carbocycles. The van der Waals surface area contributed by atoms with E-state index in [4.69, 9.17) is 10.5 Å². The molecule has 1 saturated heterocycles. The molecule has 0 amide bonds. The Balaban J connectivity index is 1.84. The number of hydrogen-bond acceptors (Lipinski definition) is 2. The average Bonchev–Trinajstić information content (AvgIpc) is 2.33. The molecule has 1 aromatic carbocycles. The van der Waals surface area contributed by atoms with Crippen molar-refractivity contribution in [2.45, 2.75) is 31.7 Å². The third kappa shape index (κ3) is 4.09. The first-order valence-electron chi connectivity index (χ1n) is 6.32. The largest absolute Gasteiger partial charge is 0.381 e. The zero-order valence-corrected chi connectivity index (χ0v) is 11.7. The zero-order valence-electron chi connectivity index (χ0n) is 10.1. The Morgan fingerprint density at radius 3 is 2.71 bits per heavy atom. The Morgan fingerprint density at radius 1 is 1.29 bits per heavy atom. The Labute approximate surface area is 112 Å². The van der Waals surface area contributed by atoms with Crippen molar-refractivity contribution < 1.29 is 4.74 Å². The fourth-order valence-corrected chi connectivity index (χ4v) is 2.89. The number of halogens is 1. The van der Waals surface area contributed by atoms with Crippen LogP contribution in [-0.4, -0.2) is 19.3 Å². The van der Waals surface area contributed by atoms with E-state index in [1.165, 1.54) is 22.9 Å². The maximum Gasteiger partial charge on any atom is 0.0468 e. The van der Waals surface area contributed by atoms with Crippen LogP contribution in [0.25, 0.3) is 0 Å². The van der Waals surface area contributed by atoms with Gasteiger partial charge in [-0.2, -0.15) is 0 Å². The molecule has 0 saturated carbocycles. The lowest BCUT2D eigenvalue weighted by molar-refractivity contribution is 0.0619. The summed E-state index contributed by atoms with van der Waals surface area (Å²) >= 11 is 3.57. The lowest BCUT2D eigenvalue weighted by atomic mass is 9.90. The zero-order chi connectivity index (χ0) is 12.1. The van der Waals surface area contributed by atoms with Crippen molar-refractivity contribution in [3.63, 3.8) is 0 Å². The minimum absolute atomic E-state index is 0.261. The van der Waals surface area contributed by atoms with Crippen LogP contribution >= 0.6 is 15.9 Å². The van der Waals surface area contributed by atoms with Crippen LogP contribution in [0.3, 0.4) is 0 Å². The van der Waals surface area contributed by atoms with Crippen molar-refractivity contribution in [2.24, 2.45) is 11.7 Å². The van der Waals surface area contributed by atoms with Crippen molar-refractivity contribution in [3.8, 4) is 0 Å². The monoisotopic (exact) mass is 297 g/mol. The quantitative estimate of drug-likeness (QED) is 0.927. The summed E-state index contributed by atoms with van der Waals surface area (Å²) in [6.45, 7) is 1.82. The molecule has 2 N–H and O–H groups in total. The van der Waals surface area contributed by atoms with Gasteiger partial charge in [-0.1, -0.05) is 34.1 Å². The van der Waals surface area contributed by atoms with Gasteiger partial charge in [-0.15, -0.1) is 0 Å². The molecule has 0 bridgehead atoms. The van der Waals surface area contributed by atoms with Gasteiger partial charge in [0.15, 0.2) is 0 Å². The molecule has 1 heterocycles. The molecule has 2 rings (SSSR count). The van der Waals surface area contributed by atoms with Crippen LogP contribution in [0.1, 0.15) is 24.8 Å². The fourth-order valence-electron chi connectivity index (χ4n) is 2.44. The van der Waals surface area contributed by atoms with Crippen molar-refractivity contribution in [1.82, 2.24) is 0 Å². The van der Waals surface area contributed by atoms with E-state index >= 15 is 0 Å². The molecule has 17 heavy (non-hydrogen) atoms. The number of rotatable bonds is 4. The van der Waals surface area contributed by atoms with Crippen LogP contribution in [0.5, 0.6) is 0 Å². The maximum atomic E-state index is 6.24. The molecule has 1 aliphatic heterocycles. The van der Waals surface area contributed by atoms with Gasteiger partial charge in [0.05, 0.1) is 0 Å². The summed E-state index contributed by atoms with van der Waals surface area (Å²) in [5, 5.41) is 0. The highest BCUT2D eigenvalue weighted by atomic mass is 79.9. The highest BCUT2D eigenvalue weighted by Gasteiger charge is 2.17. The van der Waals surface area contributed by atoms with Crippen molar-refractivity contribution in [3.05, 3.63) is 34.3 Å². The van der Waals surface area contributed by atoms with Gasteiger partial charge in [0.1, 0.15) is 0 Å². The minimum Gasteiger partial charge on any atom is -0.381 e. The van der Waals surface area contributed by atoms with E-state index < -0.39 is 0 Å². The standard InChI is InChI=1S/C14H20BrNO/c15-14-4-2-1-3-12(14)10-13(16)9-11-5-7-17-8-6-11/h1-4,11,13H,5-10,16H2. The number of benzene rings is 1. The van der Waals surface area contributed by atoms with Crippen LogP contribution in [-0.2, 0) is 11.2 Å². The number of ether oxygens (including phenoxy) is 1. The molecule has 1 fully saturated rings. The van der Waals surface area contributed by atoms with Crippen molar-refractivity contribution in [1.29, 1.82) is 0 Å². The summed E-state index contributed by atoms with van der Waals surface area (Å²) < 4.78 is 6.54. The summed E-state index contributed by atoms with van der Waals surface area (Å²) in [6.07, 6.45) is 4.41. The van der Waals surface area contributed by atoms with Gasteiger partial charge in [-0.25, -0.2) is 0 Å². The third-order valence-electron chi connectivity index (χ3n) is 3.42. The maximum absolute atomic E-state index is 6.24. The van der Waals surface area contributed by atoms with Crippen LogP contribution < -0.4 is 5.73 Å². The SMILES string of the molecule is NC(Cc1ccccc1Br)CC1CCOCC1. The predicted octanol–water partition coefficient (Wildman–Crippen LogP) is 3.14. The molecular formula is C14H20BrNO. The lowest BCUT2D eigenvalue weighted by Crippen LogP contribution is -2.28. The van der Waals surface area contributed by atoms with Gasteiger partial charge in [0, 0.05) is 23.7 Å². The summed E-state index contributed by atoms with van der Waals surface area (Å²) in [5.41, 5.74) is 7.56. The van der Waals surface area contributed by atoms with Crippen molar-refractivity contribution >= 4 is 15.9 Å². The number of nitrogens with two attached hydrogens (primary N) is 1.